The van der Waals surface area contributed by atoms with Crippen LogP contribution in [0.1, 0.15) is 61.4 Å². The minimum atomic E-state index is -4.21. The second-order valence-corrected chi connectivity index (χ2v) is 7.62. The van der Waals surface area contributed by atoms with Gasteiger partial charge in [0.15, 0.2) is 0 Å². The van der Waals surface area contributed by atoms with E-state index in [1.165, 1.54) is 24.1 Å². The van der Waals surface area contributed by atoms with E-state index in [1.807, 2.05) is 32.0 Å². The molecule has 0 aliphatic rings. The molecule has 28 heavy (non-hydrogen) atoms. The van der Waals surface area contributed by atoms with Crippen LogP contribution in [0.25, 0.3) is 6.08 Å². The summed E-state index contributed by atoms with van der Waals surface area (Å²) in [5.74, 6) is -1.46. The van der Waals surface area contributed by atoms with Gasteiger partial charge in [0.05, 0.1) is 5.92 Å². The SMILES string of the molecule is CCC(CC)(c1ccc(N)c(C)c1)c1ccc(/C=C/C(C)C(F)(F)F)c(C)c1. The second-order valence-electron chi connectivity index (χ2n) is 7.62. The van der Waals surface area contributed by atoms with E-state index in [-0.39, 0.29) is 5.41 Å². The zero-order valence-electron chi connectivity index (χ0n) is 17.3. The maximum absolute atomic E-state index is 12.8. The fourth-order valence-corrected chi connectivity index (χ4v) is 3.72. The Kier molecular flexibility index (Phi) is 6.63. The van der Waals surface area contributed by atoms with E-state index < -0.39 is 12.1 Å². The van der Waals surface area contributed by atoms with Gasteiger partial charge in [0.2, 0.25) is 0 Å². The highest BCUT2D eigenvalue weighted by molar-refractivity contribution is 5.57. The molecule has 0 bridgehead atoms. The van der Waals surface area contributed by atoms with Crippen LogP contribution in [0.5, 0.6) is 0 Å². The lowest BCUT2D eigenvalue weighted by atomic mass is 9.70. The molecule has 2 rings (SSSR count). The normalized spacial score (nSPS) is 13.9. The number of rotatable bonds is 6. The zero-order valence-corrected chi connectivity index (χ0v) is 17.3. The van der Waals surface area contributed by atoms with Crippen molar-refractivity contribution < 1.29 is 13.2 Å². The predicted octanol–water partition coefficient (Wildman–Crippen LogP) is 7.20. The van der Waals surface area contributed by atoms with Crippen LogP contribution >= 0.6 is 0 Å². The van der Waals surface area contributed by atoms with Gasteiger partial charge in [0.25, 0.3) is 0 Å². The first kappa shape index (κ1) is 22.1. The summed E-state index contributed by atoms with van der Waals surface area (Å²) < 4.78 is 38.3. The summed E-state index contributed by atoms with van der Waals surface area (Å²) in [6, 6.07) is 12.3. The lowest BCUT2D eigenvalue weighted by molar-refractivity contribution is -0.156. The van der Waals surface area contributed by atoms with Gasteiger partial charge in [-0.25, -0.2) is 0 Å². The quantitative estimate of drug-likeness (QED) is 0.519. The van der Waals surface area contributed by atoms with Gasteiger partial charge in [-0.05, 0) is 60.6 Å². The Morgan fingerprint density at radius 2 is 1.46 bits per heavy atom. The molecule has 1 unspecified atom stereocenters. The molecule has 0 saturated carbocycles. The highest BCUT2D eigenvalue weighted by Crippen LogP contribution is 2.40. The van der Waals surface area contributed by atoms with Gasteiger partial charge < -0.3 is 5.73 Å². The molecule has 0 heterocycles. The minimum absolute atomic E-state index is 0.148. The molecular weight excluding hydrogens is 359 g/mol. The third-order valence-electron chi connectivity index (χ3n) is 5.93. The molecule has 0 fully saturated rings. The van der Waals surface area contributed by atoms with Crippen LogP contribution in [0, 0.1) is 19.8 Å². The molecule has 0 spiro atoms. The monoisotopic (exact) mass is 389 g/mol. The molecule has 2 N–H and O–H groups in total. The van der Waals surface area contributed by atoms with Crippen LogP contribution in [0.3, 0.4) is 0 Å². The molecule has 152 valence electrons. The lowest BCUT2D eigenvalue weighted by Gasteiger charge is -2.34. The molecule has 1 atom stereocenters. The Morgan fingerprint density at radius 1 is 0.929 bits per heavy atom. The van der Waals surface area contributed by atoms with Crippen molar-refractivity contribution in [3.63, 3.8) is 0 Å². The molecule has 4 heteroatoms. The predicted molar refractivity (Wildman–Crippen MR) is 112 cm³/mol. The number of halogens is 3. The summed E-state index contributed by atoms with van der Waals surface area (Å²) in [5.41, 5.74) is 11.9. The van der Waals surface area contributed by atoms with Crippen molar-refractivity contribution >= 4 is 11.8 Å². The summed E-state index contributed by atoms with van der Waals surface area (Å²) in [5, 5.41) is 0. The Hall–Kier alpha value is -2.23. The first-order valence-electron chi connectivity index (χ1n) is 9.77. The highest BCUT2D eigenvalue weighted by Gasteiger charge is 2.34. The first-order chi connectivity index (χ1) is 13.0. The van der Waals surface area contributed by atoms with Crippen molar-refractivity contribution in [1.29, 1.82) is 0 Å². The number of nitrogens with two attached hydrogens (primary N) is 1. The van der Waals surface area contributed by atoms with E-state index in [4.69, 9.17) is 5.73 Å². The molecular formula is C24H30F3N. The van der Waals surface area contributed by atoms with Gasteiger partial charge in [-0.1, -0.05) is 63.3 Å². The maximum Gasteiger partial charge on any atom is 0.394 e. The first-order valence-corrected chi connectivity index (χ1v) is 9.77. The number of nitrogen functional groups attached to an aromatic ring is 1. The van der Waals surface area contributed by atoms with Gasteiger partial charge in [-0.3, -0.25) is 0 Å². The number of anilines is 1. The van der Waals surface area contributed by atoms with E-state index in [2.05, 4.69) is 32.0 Å². The fraction of sp³-hybridized carbons (Fsp3) is 0.417. The standard InChI is InChI=1S/C24H30F3N/c1-6-23(7-2,21-12-13-22(28)17(4)15-21)20-11-10-19(16(3)14-20)9-8-18(5)24(25,26)27/h8-15,18H,6-7,28H2,1-5H3/b9-8+. The third-order valence-corrected chi connectivity index (χ3v) is 5.93. The van der Waals surface area contributed by atoms with E-state index in [9.17, 15) is 13.2 Å². The third kappa shape index (κ3) is 4.43. The molecule has 1 nitrogen and oxygen atoms in total. The Balaban J connectivity index is 2.45. The van der Waals surface area contributed by atoms with E-state index in [0.29, 0.717) is 0 Å². The molecule has 0 saturated heterocycles. The van der Waals surface area contributed by atoms with Crippen LogP contribution in [0.4, 0.5) is 18.9 Å². The summed E-state index contributed by atoms with van der Waals surface area (Å²) in [6.45, 7) is 9.47. The molecule has 0 aromatic heterocycles. The topological polar surface area (TPSA) is 26.0 Å². The average Bonchev–Trinajstić information content (AvgIpc) is 2.64. The number of alkyl halides is 3. The molecule has 0 amide bonds. The average molecular weight is 390 g/mol. The van der Waals surface area contributed by atoms with E-state index in [1.54, 1.807) is 6.08 Å². The van der Waals surface area contributed by atoms with Crippen molar-refractivity contribution in [2.24, 2.45) is 5.92 Å². The molecule has 2 aromatic carbocycles. The number of aryl methyl sites for hydroxylation is 2. The largest absolute Gasteiger partial charge is 0.399 e. The Morgan fingerprint density at radius 3 is 1.93 bits per heavy atom. The van der Waals surface area contributed by atoms with Gasteiger partial charge in [-0.2, -0.15) is 13.2 Å². The summed E-state index contributed by atoms with van der Waals surface area (Å²) in [6.07, 6.45) is 0.429. The molecule has 2 aromatic rings. The van der Waals surface area contributed by atoms with Gasteiger partial charge in [0.1, 0.15) is 0 Å². The van der Waals surface area contributed by atoms with Gasteiger partial charge in [-0.15, -0.1) is 0 Å². The number of hydrogen-bond donors (Lipinski definition) is 1. The smallest absolute Gasteiger partial charge is 0.394 e. The van der Waals surface area contributed by atoms with Gasteiger partial charge >= 0.3 is 6.18 Å². The fourth-order valence-electron chi connectivity index (χ4n) is 3.72. The minimum Gasteiger partial charge on any atom is -0.399 e. The maximum atomic E-state index is 12.8. The Bertz CT molecular complexity index is 845. The Labute approximate surface area is 166 Å². The van der Waals surface area contributed by atoms with Crippen LogP contribution in [0.2, 0.25) is 0 Å². The number of hydrogen-bond acceptors (Lipinski definition) is 1. The highest BCUT2D eigenvalue weighted by atomic mass is 19.4. The summed E-state index contributed by atoms with van der Waals surface area (Å²) in [7, 11) is 0. The molecule has 0 aliphatic heterocycles. The van der Waals surface area contributed by atoms with Crippen LogP contribution in [-0.2, 0) is 5.41 Å². The summed E-state index contributed by atoms with van der Waals surface area (Å²) in [4.78, 5) is 0. The molecule has 0 aliphatic carbocycles. The van der Waals surface area contributed by atoms with E-state index >= 15 is 0 Å². The second kappa shape index (κ2) is 8.42. The van der Waals surface area contributed by atoms with E-state index in [0.717, 1.165) is 35.2 Å². The number of benzene rings is 2. The zero-order chi connectivity index (χ0) is 21.1. The van der Waals surface area contributed by atoms with Gasteiger partial charge in [0, 0.05) is 11.1 Å². The summed E-state index contributed by atoms with van der Waals surface area (Å²) >= 11 is 0. The van der Waals surface area contributed by atoms with Crippen molar-refractivity contribution in [3.8, 4) is 0 Å². The molecule has 0 radical (unpaired) electrons. The van der Waals surface area contributed by atoms with Crippen molar-refractivity contribution in [3.05, 3.63) is 70.3 Å². The number of allylic oxidation sites excluding steroid dienone is 1. The van der Waals surface area contributed by atoms with Crippen LogP contribution in [-0.4, -0.2) is 6.18 Å². The van der Waals surface area contributed by atoms with Crippen molar-refractivity contribution in [2.45, 2.75) is 59.1 Å². The van der Waals surface area contributed by atoms with Crippen LogP contribution in [0.15, 0.2) is 42.5 Å². The van der Waals surface area contributed by atoms with Crippen molar-refractivity contribution in [2.75, 3.05) is 5.73 Å². The van der Waals surface area contributed by atoms with Crippen molar-refractivity contribution in [1.82, 2.24) is 0 Å². The van der Waals surface area contributed by atoms with Crippen LogP contribution < -0.4 is 5.73 Å². The lowest BCUT2D eigenvalue weighted by Crippen LogP contribution is -2.26.